The van der Waals surface area contributed by atoms with Crippen LogP contribution in [-0.4, -0.2) is 0 Å². The molecule has 1 saturated carbocycles. The topological polar surface area (TPSA) is 0 Å². The van der Waals surface area contributed by atoms with E-state index in [2.05, 4.69) is 44.2 Å². The summed E-state index contributed by atoms with van der Waals surface area (Å²) in [6, 6.07) is 16.8. The fraction of sp³-hybridized carbons (Fsp3) is 0.484. The number of rotatable bonds is 9. The molecule has 1 fully saturated rings. The molecule has 176 valence electrons. The smallest absolute Gasteiger partial charge is 0.166 e. The quantitative estimate of drug-likeness (QED) is 0.286. The number of benzene rings is 3. The maximum absolute atomic E-state index is 14.8. The summed E-state index contributed by atoms with van der Waals surface area (Å²) in [6.45, 7) is 4.43. The first-order valence-electron chi connectivity index (χ1n) is 13.1. The Bertz CT molecular complexity index is 1040. The van der Waals surface area contributed by atoms with Gasteiger partial charge in [0.15, 0.2) is 11.6 Å². The molecule has 0 bridgehead atoms. The molecule has 1 aliphatic rings. The van der Waals surface area contributed by atoms with Gasteiger partial charge < -0.3 is 0 Å². The van der Waals surface area contributed by atoms with Gasteiger partial charge in [0.05, 0.1) is 0 Å². The molecular formula is C31H38F2. The Morgan fingerprint density at radius 1 is 0.727 bits per heavy atom. The van der Waals surface area contributed by atoms with E-state index in [0.29, 0.717) is 23.3 Å². The van der Waals surface area contributed by atoms with Gasteiger partial charge in [-0.3, -0.25) is 0 Å². The highest BCUT2D eigenvalue weighted by Gasteiger charge is 2.21. The van der Waals surface area contributed by atoms with Gasteiger partial charge in [0, 0.05) is 5.39 Å². The van der Waals surface area contributed by atoms with E-state index in [1.807, 2.05) is 18.2 Å². The molecule has 4 rings (SSSR count). The van der Waals surface area contributed by atoms with Crippen LogP contribution < -0.4 is 0 Å². The van der Waals surface area contributed by atoms with Crippen LogP contribution in [0.3, 0.4) is 0 Å². The van der Waals surface area contributed by atoms with Crippen molar-refractivity contribution in [2.45, 2.75) is 90.4 Å². The average Bonchev–Trinajstić information content (AvgIpc) is 2.86. The molecule has 0 heterocycles. The van der Waals surface area contributed by atoms with Crippen LogP contribution in [0.2, 0.25) is 0 Å². The van der Waals surface area contributed by atoms with Crippen molar-refractivity contribution in [3.63, 3.8) is 0 Å². The molecule has 1 aliphatic carbocycles. The van der Waals surface area contributed by atoms with Gasteiger partial charge in [0.1, 0.15) is 0 Å². The summed E-state index contributed by atoms with van der Waals surface area (Å²) in [4.78, 5) is 0. The van der Waals surface area contributed by atoms with Gasteiger partial charge in [-0.05, 0) is 103 Å². The second kappa shape index (κ2) is 11.3. The second-order valence-corrected chi connectivity index (χ2v) is 10.0. The number of fused-ring (bicyclic) bond motifs is 1. The zero-order valence-electron chi connectivity index (χ0n) is 20.3. The van der Waals surface area contributed by atoms with E-state index < -0.39 is 11.6 Å². The maximum Gasteiger partial charge on any atom is 0.166 e. The Morgan fingerprint density at radius 3 is 2.12 bits per heavy atom. The first-order valence-corrected chi connectivity index (χ1v) is 13.1. The highest BCUT2D eigenvalue weighted by molar-refractivity contribution is 5.84. The van der Waals surface area contributed by atoms with Crippen molar-refractivity contribution in [2.24, 2.45) is 5.92 Å². The van der Waals surface area contributed by atoms with Crippen LogP contribution in [0.4, 0.5) is 8.78 Å². The van der Waals surface area contributed by atoms with Crippen molar-refractivity contribution in [2.75, 3.05) is 0 Å². The summed E-state index contributed by atoms with van der Waals surface area (Å²) in [5.41, 5.74) is 4.34. The monoisotopic (exact) mass is 448 g/mol. The van der Waals surface area contributed by atoms with Gasteiger partial charge in [0.25, 0.3) is 0 Å². The molecular weight excluding hydrogens is 410 g/mol. The van der Waals surface area contributed by atoms with Gasteiger partial charge in [-0.2, -0.15) is 0 Å². The third-order valence-electron chi connectivity index (χ3n) is 7.79. The predicted molar refractivity (Wildman–Crippen MR) is 136 cm³/mol. The molecule has 2 heteroatoms. The van der Waals surface area contributed by atoms with Crippen LogP contribution in [0.15, 0.2) is 48.5 Å². The first-order chi connectivity index (χ1) is 16.1. The minimum atomic E-state index is -0.692. The predicted octanol–water partition coefficient (Wildman–Crippen LogP) is 9.32. The lowest BCUT2D eigenvalue weighted by Gasteiger charge is -2.28. The molecule has 3 aromatic rings. The largest absolute Gasteiger partial charge is 0.203 e. The minimum absolute atomic E-state index is 0.405. The highest BCUT2D eigenvalue weighted by Crippen LogP contribution is 2.37. The third-order valence-corrected chi connectivity index (χ3v) is 7.79. The van der Waals surface area contributed by atoms with Crippen molar-refractivity contribution >= 4 is 10.8 Å². The Morgan fingerprint density at radius 2 is 1.42 bits per heavy atom. The summed E-state index contributed by atoms with van der Waals surface area (Å²) < 4.78 is 29.4. The lowest BCUT2D eigenvalue weighted by Crippen LogP contribution is -2.12. The van der Waals surface area contributed by atoms with Crippen LogP contribution >= 0.6 is 0 Å². The van der Waals surface area contributed by atoms with Crippen molar-refractivity contribution in [3.8, 4) is 0 Å². The number of hydrogen-bond acceptors (Lipinski definition) is 0. The Kier molecular flexibility index (Phi) is 8.17. The lowest BCUT2D eigenvalue weighted by atomic mass is 9.78. The third kappa shape index (κ3) is 5.83. The van der Waals surface area contributed by atoms with Crippen LogP contribution in [0.1, 0.15) is 93.4 Å². The molecule has 0 unspecified atom stereocenters. The summed E-state index contributed by atoms with van der Waals surface area (Å²) in [6.07, 6.45) is 12.0. The van der Waals surface area contributed by atoms with Crippen molar-refractivity contribution in [3.05, 3.63) is 82.4 Å². The zero-order valence-corrected chi connectivity index (χ0v) is 20.3. The Labute approximate surface area is 198 Å². The fourth-order valence-corrected chi connectivity index (χ4v) is 5.48. The van der Waals surface area contributed by atoms with Gasteiger partial charge in [-0.25, -0.2) is 8.78 Å². The van der Waals surface area contributed by atoms with E-state index in [-0.39, 0.29) is 0 Å². The van der Waals surface area contributed by atoms with Crippen LogP contribution in [-0.2, 0) is 19.3 Å². The molecule has 3 aromatic carbocycles. The molecule has 0 amide bonds. The van der Waals surface area contributed by atoms with E-state index in [1.54, 1.807) is 0 Å². The van der Waals surface area contributed by atoms with Gasteiger partial charge >= 0.3 is 0 Å². The van der Waals surface area contributed by atoms with Gasteiger partial charge in [-0.1, -0.05) is 69.5 Å². The van der Waals surface area contributed by atoms with Gasteiger partial charge in [-0.15, -0.1) is 0 Å². The van der Waals surface area contributed by atoms with E-state index in [1.165, 1.54) is 43.2 Å². The SMILES string of the molecule is CCCCCc1cc2ccc(CCc3ccc(C4CCC(CC)CC4)cc3)cc2c(F)c1F. The lowest BCUT2D eigenvalue weighted by molar-refractivity contribution is 0.319. The normalized spacial score (nSPS) is 18.7. The fourth-order valence-electron chi connectivity index (χ4n) is 5.48. The summed E-state index contributed by atoms with van der Waals surface area (Å²) >= 11 is 0. The molecule has 0 saturated heterocycles. The number of hydrogen-bond donors (Lipinski definition) is 0. The van der Waals surface area contributed by atoms with E-state index >= 15 is 0 Å². The maximum atomic E-state index is 14.8. The zero-order chi connectivity index (χ0) is 23.2. The Balaban J connectivity index is 1.40. The van der Waals surface area contributed by atoms with Crippen molar-refractivity contribution in [1.29, 1.82) is 0 Å². The molecule has 0 radical (unpaired) electrons. The van der Waals surface area contributed by atoms with Crippen molar-refractivity contribution in [1.82, 2.24) is 0 Å². The van der Waals surface area contributed by atoms with Crippen LogP contribution in [0.5, 0.6) is 0 Å². The molecule has 0 atom stereocenters. The van der Waals surface area contributed by atoms with E-state index in [9.17, 15) is 8.78 Å². The Hall–Kier alpha value is -2.22. The van der Waals surface area contributed by atoms with E-state index in [4.69, 9.17) is 0 Å². The van der Waals surface area contributed by atoms with Crippen molar-refractivity contribution < 1.29 is 8.78 Å². The number of halogens is 2. The molecule has 33 heavy (non-hydrogen) atoms. The molecule has 0 N–H and O–H groups in total. The highest BCUT2D eigenvalue weighted by atomic mass is 19.2. The minimum Gasteiger partial charge on any atom is -0.203 e. The molecule has 0 aromatic heterocycles. The average molecular weight is 449 g/mol. The molecule has 0 aliphatic heterocycles. The van der Waals surface area contributed by atoms with E-state index in [0.717, 1.165) is 49.0 Å². The summed E-state index contributed by atoms with van der Waals surface area (Å²) in [5, 5.41) is 1.20. The summed E-state index contributed by atoms with van der Waals surface area (Å²) in [5.74, 6) is 0.280. The molecule has 0 nitrogen and oxygen atoms in total. The number of unbranched alkanes of at least 4 members (excludes halogenated alkanes) is 2. The molecule has 0 spiro atoms. The first kappa shape index (κ1) is 23.9. The second-order valence-electron chi connectivity index (χ2n) is 10.0. The van der Waals surface area contributed by atoms with Crippen LogP contribution in [0.25, 0.3) is 10.8 Å². The summed E-state index contributed by atoms with van der Waals surface area (Å²) in [7, 11) is 0. The number of aryl methyl sites for hydroxylation is 3. The van der Waals surface area contributed by atoms with Gasteiger partial charge in [0.2, 0.25) is 0 Å². The van der Waals surface area contributed by atoms with Crippen LogP contribution in [0, 0.1) is 17.6 Å². The standard InChI is InChI=1S/C31H38F2/c1-3-5-6-7-28-21-27-19-14-24(20-29(27)31(33)30(28)32)9-8-23-12-17-26(18-13-23)25-15-10-22(4-2)11-16-25/h12-14,17-22,25H,3-11,15-16H2,1-2H3.